The number of aryl methyl sites for hydroxylation is 1. The van der Waals surface area contributed by atoms with Crippen LogP contribution >= 0.6 is 0 Å². The lowest BCUT2D eigenvalue weighted by molar-refractivity contribution is 0.342. The number of ether oxygens (including phenoxy) is 1. The molecule has 2 aromatic carbocycles. The molecule has 3 N–H and O–H groups in total. The second-order valence-electron chi connectivity index (χ2n) is 4.93. The maximum absolute atomic E-state index is 6.13. The molecule has 1 atom stereocenters. The molecule has 0 amide bonds. The lowest BCUT2D eigenvalue weighted by Gasteiger charge is -2.19. The molecule has 0 aliphatic rings. The van der Waals surface area contributed by atoms with Gasteiger partial charge >= 0.3 is 0 Å². The van der Waals surface area contributed by atoms with Crippen molar-refractivity contribution in [3.05, 3.63) is 53.6 Å². The first-order valence-corrected chi connectivity index (χ1v) is 6.96. The highest BCUT2D eigenvalue weighted by Crippen LogP contribution is 2.31. The van der Waals surface area contributed by atoms with Crippen LogP contribution in [0.2, 0.25) is 0 Å². The summed E-state index contributed by atoms with van der Waals surface area (Å²) in [5.41, 5.74) is 10.2. The molecule has 0 heterocycles. The van der Waals surface area contributed by atoms with Gasteiger partial charge in [0.2, 0.25) is 0 Å². The van der Waals surface area contributed by atoms with Gasteiger partial charge in [-0.2, -0.15) is 0 Å². The molecule has 3 heteroatoms. The Morgan fingerprint density at radius 2 is 1.85 bits per heavy atom. The number of anilines is 2. The molecule has 0 aromatic heterocycles. The summed E-state index contributed by atoms with van der Waals surface area (Å²) in [6.45, 7) is 6.78. The summed E-state index contributed by atoms with van der Waals surface area (Å²) in [7, 11) is 0. The standard InChI is InChI=1S/C17H22N2O/c1-4-20-16-7-5-6-15(17(16)18)19-13(3)14-10-8-12(2)9-11-14/h5-11,13,19H,4,18H2,1-3H3. The number of nitrogens with two attached hydrogens (primary N) is 1. The Hall–Kier alpha value is -2.16. The number of para-hydroxylation sites is 1. The molecule has 3 nitrogen and oxygen atoms in total. The van der Waals surface area contributed by atoms with Crippen molar-refractivity contribution in [1.29, 1.82) is 0 Å². The topological polar surface area (TPSA) is 47.3 Å². The maximum Gasteiger partial charge on any atom is 0.144 e. The van der Waals surface area contributed by atoms with E-state index < -0.39 is 0 Å². The SMILES string of the molecule is CCOc1cccc(NC(C)c2ccc(C)cc2)c1N. The van der Waals surface area contributed by atoms with E-state index in [1.54, 1.807) is 0 Å². The highest BCUT2D eigenvalue weighted by atomic mass is 16.5. The van der Waals surface area contributed by atoms with E-state index in [1.165, 1.54) is 11.1 Å². The van der Waals surface area contributed by atoms with Crippen LogP contribution in [0.25, 0.3) is 0 Å². The molecule has 0 aliphatic heterocycles. The molecule has 0 aliphatic carbocycles. The lowest BCUT2D eigenvalue weighted by Crippen LogP contribution is -2.09. The van der Waals surface area contributed by atoms with E-state index >= 15 is 0 Å². The van der Waals surface area contributed by atoms with Gasteiger partial charge in [-0.3, -0.25) is 0 Å². The van der Waals surface area contributed by atoms with E-state index in [0.29, 0.717) is 12.3 Å². The molecule has 106 valence electrons. The van der Waals surface area contributed by atoms with E-state index in [4.69, 9.17) is 10.5 Å². The quantitative estimate of drug-likeness (QED) is 0.802. The average Bonchev–Trinajstić information content (AvgIpc) is 2.44. The Kier molecular flexibility index (Phi) is 4.51. The molecule has 0 bridgehead atoms. The van der Waals surface area contributed by atoms with Crippen LogP contribution in [-0.4, -0.2) is 6.61 Å². The third-order valence-corrected chi connectivity index (χ3v) is 3.32. The van der Waals surface area contributed by atoms with Crippen LogP contribution in [0.5, 0.6) is 5.75 Å². The second kappa shape index (κ2) is 6.33. The molecule has 0 spiro atoms. The summed E-state index contributed by atoms with van der Waals surface area (Å²) in [6.07, 6.45) is 0. The van der Waals surface area contributed by atoms with Crippen LogP contribution in [-0.2, 0) is 0 Å². The highest BCUT2D eigenvalue weighted by Gasteiger charge is 2.10. The van der Waals surface area contributed by atoms with Gasteiger partial charge in [0.1, 0.15) is 5.75 Å². The molecule has 0 radical (unpaired) electrons. The van der Waals surface area contributed by atoms with Crippen molar-refractivity contribution < 1.29 is 4.74 Å². The van der Waals surface area contributed by atoms with E-state index in [-0.39, 0.29) is 6.04 Å². The predicted molar refractivity (Wildman–Crippen MR) is 85.2 cm³/mol. The van der Waals surface area contributed by atoms with Crippen LogP contribution in [0.15, 0.2) is 42.5 Å². The normalized spacial score (nSPS) is 11.9. The second-order valence-corrected chi connectivity index (χ2v) is 4.93. The summed E-state index contributed by atoms with van der Waals surface area (Å²) in [5, 5.41) is 3.44. The maximum atomic E-state index is 6.13. The minimum atomic E-state index is 0.190. The average molecular weight is 270 g/mol. The Morgan fingerprint density at radius 1 is 1.15 bits per heavy atom. The summed E-state index contributed by atoms with van der Waals surface area (Å²) < 4.78 is 5.52. The zero-order valence-electron chi connectivity index (χ0n) is 12.3. The van der Waals surface area contributed by atoms with E-state index in [9.17, 15) is 0 Å². The van der Waals surface area contributed by atoms with Gasteiger partial charge in [0.15, 0.2) is 0 Å². The zero-order valence-corrected chi connectivity index (χ0v) is 12.3. The third-order valence-electron chi connectivity index (χ3n) is 3.32. The van der Waals surface area contributed by atoms with Crippen molar-refractivity contribution in [3.63, 3.8) is 0 Å². The first-order valence-electron chi connectivity index (χ1n) is 6.96. The number of nitrogens with one attached hydrogen (secondary N) is 1. The van der Waals surface area contributed by atoms with Crippen molar-refractivity contribution in [2.75, 3.05) is 17.7 Å². The fourth-order valence-electron chi connectivity index (χ4n) is 2.12. The Labute approximate surface area is 120 Å². The van der Waals surface area contributed by atoms with Crippen molar-refractivity contribution >= 4 is 11.4 Å². The third kappa shape index (κ3) is 3.23. The zero-order chi connectivity index (χ0) is 14.5. The minimum Gasteiger partial charge on any atom is -0.492 e. The number of rotatable bonds is 5. The van der Waals surface area contributed by atoms with Gasteiger partial charge in [0, 0.05) is 6.04 Å². The molecule has 2 aromatic rings. The fourth-order valence-corrected chi connectivity index (χ4v) is 2.12. The summed E-state index contributed by atoms with van der Waals surface area (Å²) in [4.78, 5) is 0. The largest absolute Gasteiger partial charge is 0.492 e. The Balaban J connectivity index is 2.17. The first kappa shape index (κ1) is 14.3. The van der Waals surface area contributed by atoms with Crippen molar-refractivity contribution in [2.24, 2.45) is 0 Å². The number of benzene rings is 2. The smallest absolute Gasteiger partial charge is 0.144 e. The number of nitrogen functional groups attached to an aromatic ring is 1. The van der Waals surface area contributed by atoms with Gasteiger partial charge in [-0.1, -0.05) is 35.9 Å². The van der Waals surface area contributed by atoms with Gasteiger partial charge < -0.3 is 15.8 Å². The Morgan fingerprint density at radius 3 is 2.50 bits per heavy atom. The summed E-state index contributed by atoms with van der Waals surface area (Å²) in [5.74, 6) is 0.730. The molecule has 20 heavy (non-hydrogen) atoms. The van der Waals surface area contributed by atoms with Crippen molar-refractivity contribution in [2.45, 2.75) is 26.8 Å². The van der Waals surface area contributed by atoms with E-state index in [1.807, 2.05) is 25.1 Å². The fraction of sp³-hybridized carbons (Fsp3) is 0.294. The van der Waals surface area contributed by atoms with Gasteiger partial charge in [-0.05, 0) is 38.5 Å². The molecule has 2 rings (SSSR count). The first-order chi connectivity index (χ1) is 9.61. The van der Waals surface area contributed by atoms with Crippen LogP contribution < -0.4 is 15.8 Å². The summed E-state index contributed by atoms with van der Waals surface area (Å²) >= 11 is 0. The van der Waals surface area contributed by atoms with Crippen molar-refractivity contribution in [1.82, 2.24) is 0 Å². The molecular weight excluding hydrogens is 248 g/mol. The van der Waals surface area contributed by atoms with Gasteiger partial charge in [-0.15, -0.1) is 0 Å². The van der Waals surface area contributed by atoms with Gasteiger partial charge in [0.05, 0.1) is 18.0 Å². The Bertz CT molecular complexity index is 564. The van der Waals surface area contributed by atoms with Crippen LogP contribution in [0.1, 0.15) is 31.0 Å². The van der Waals surface area contributed by atoms with E-state index in [2.05, 4.69) is 43.4 Å². The molecule has 0 fully saturated rings. The van der Waals surface area contributed by atoms with Crippen LogP contribution in [0, 0.1) is 6.92 Å². The van der Waals surface area contributed by atoms with Gasteiger partial charge in [0.25, 0.3) is 0 Å². The minimum absolute atomic E-state index is 0.190. The molecule has 1 unspecified atom stereocenters. The van der Waals surface area contributed by atoms with Crippen molar-refractivity contribution in [3.8, 4) is 5.75 Å². The monoisotopic (exact) mass is 270 g/mol. The molecular formula is C17H22N2O. The number of hydrogen-bond acceptors (Lipinski definition) is 3. The predicted octanol–water partition coefficient (Wildman–Crippen LogP) is 4.15. The molecule has 0 saturated heterocycles. The number of hydrogen-bond donors (Lipinski definition) is 2. The van der Waals surface area contributed by atoms with Crippen LogP contribution in [0.3, 0.4) is 0 Å². The lowest BCUT2D eigenvalue weighted by atomic mass is 10.1. The molecule has 0 saturated carbocycles. The van der Waals surface area contributed by atoms with Gasteiger partial charge in [-0.25, -0.2) is 0 Å². The van der Waals surface area contributed by atoms with Crippen LogP contribution in [0.4, 0.5) is 11.4 Å². The highest BCUT2D eigenvalue weighted by molar-refractivity contribution is 5.73. The van der Waals surface area contributed by atoms with E-state index in [0.717, 1.165) is 11.4 Å². The summed E-state index contributed by atoms with van der Waals surface area (Å²) in [6, 6.07) is 14.5.